The summed E-state index contributed by atoms with van der Waals surface area (Å²) in [5, 5.41) is 0.641. The quantitative estimate of drug-likeness (QED) is 0.473. The fourth-order valence-corrected chi connectivity index (χ4v) is 1.43. The van der Waals surface area contributed by atoms with Gasteiger partial charge < -0.3 is 0 Å². The molecule has 0 atom stereocenters. The molecule has 1 heterocycles. The highest BCUT2D eigenvalue weighted by Gasteiger charge is 2.07. The van der Waals surface area contributed by atoms with Gasteiger partial charge in [-0.3, -0.25) is 4.98 Å². The van der Waals surface area contributed by atoms with E-state index in [1.807, 2.05) is 6.07 Å². The van der Waals surface area contributed by atoms with Crippen LogP contribution in [0.3, 0.4) is 0 Å². The second-order valence-electron chi connectivity index (χ2n) is 3.89. The van der Waals surface area contributed by atoms with E-state index >= 15 is 0 Å². The summed E-state index contributed by atoms with van der Waals surface area (Å²) in [4.78, 5) is 3.97. The first-order chi connectivity index (χ1) is 5.97. The van der Waals surface area contributed by atoms with E-state index in [9.17, 15) is 0 Å². The highest BCUT2D eigenvalue weighted by atomic mass is 35.5. The van der Waals surface area contributed by atoms with Crippen LogP contribution in [0.1, 0.15) is 5.56 Å². The zero-order valence-electron chi connectivity index (χ0n) is 8.06. The van der Waals surface area contributed by atoms with Crippen molar-refractivity contribution < 1.29 is 0 Å². The van der Waals surface area contributed by atoms with Crippen LogP contribution in [-0.4, -0.2) is 13.1 Å². The molecular formula is C10H12ClNSi. The molecule has 1 aromatic heterocycles. The van der Waals surface area contributed by atoms with Gasteiger partial charge in [-0.1, -0.05) is 37.2 Å². The lowest BCUT2D eigenvalue weighted by Crippen LogP contribution is -2.16. The van der Waals surface area contributed by atoms with Gasteiger partial charge in [0.15, 0.2) is 0 Å². The molecule has 0 saturated carbocycles. The fraction of sp³-hybridized carbons (Fsp3) is 0.300. The van der Waals surface area contributed by atoms with Gasteiger partial charge in [-0.25, -0.2) is 0 Å². The summed E-state index contributed by atoms with van der Waals surface area (Å²) in [5.74, 6) is 3.09. The molecule has 3 heteroatoms. The third kappa shape index (κ3) is 4.12. The van der Waals surface area contributed by atoms with Crippen LogP contribution in [0, 0.1) is 11.5 Å². The Morgan fingerprint density at radius 3 is 2.54 bits per heavy atom. The van der Waals surface area contributed by atoms with Crippen LogP contribution in [0.15, 0.2) is 18.5 Å². The van der Waals surface area contributed by atoms with Crippen molar-refractivity contribution in [2.45, 2.75) is 19.6 Å². The topological polar surface area (TPSA) is 12.9 Å². The molecule has 0 aliphatic heterocycles. The molecule has 0 aromatic carbocycles. The summed E-state index contributed by atoms with van der Waals surface area (Å²) in [6, 6.07) is 1.84. The number of halogens is 1. The molecule has 1 rings (SSSR count). The standard InChI is InChI=1S/C10H12ClNSi/c1-13(2,3)5-4-9-6-10(11)8-12-7-9/h6-8H,1-3H3. The van der Waals surface area contributed by atoms with Gasteiger partial charge in [0.1, 0.15) is 8.07 Å². The SMILES string of the molecule is C[Si](C)(C)C#Cc1cncc(Cl)c1. The lowest BCUT2D eigenvalue weighted by atomic mass is 10.3. The van der Waals surface area contributed by atoms with Crippen LogP contribution >= 0.6 is 11.6 Å². The third-order valence-electron chi connectivity index (χ3n) is 1.29. The first-order valence-corrected chi connectivity index (χ1v) is 7.99. The van der Waals surface area contributed by atoms with E-state index in [0.717, 1.165) is 5.56 Å². The number of hydrogen-bond donors (Lipinski definition) is 0. The van der Waals surface area contributed by atoms with Gasteiger partial charge in [0.25, 0.3) is 0 Å². The molecule has 0 bridgehead atoms. The van der Waals surface area contributed by atoms with Crippen molar-refractivity contribution in [1.29, 1.82) is 0 Å². The van der Waals surface area contributed by atoms with Gasteiger partial charge >= 0.3 is 0 Å². The normalized spacial score (nSPS) is 10.5. The van der Waals surface area contributed by atoms with E-state index in [-0.39, 0.29) is 0 Å². The largest absolute Gasteiger partial charge is 0.262 e. The number of hydrogen-bond acceptors (Lipinski definition) is 1. The molecule has 0 unspecified atom stereocenters. The average Bonchev–Trinajstić information content (AvgIpc) is 2.00. The Morgan fingerprint density at radius 2 is 2.00 bits per heavy atom. The predicted octanol–water partition coefficient (Wildman–Crippen LogP) is 2.96. The minimum atomic E-state index is -1.29. The summed E-state index contributed by atoms with van der Waals surface area (Å²) in [5.41, 5.74) is 4.15. The summed E-state index contributed by atoms with van der Waals surface area (Å²) in [6.07, 6.45) is 3.35. The smallest absolute Gasteiger partial charge is 0.129 e. The molecule has 1 aromatic rings. The molecular weight excluding hydrogens is 198 g/mol. The Bertz CT molecular complexity index is 357. The van der Waals surface area contributed by atoms with Crippen LogP contribution in [0.4, 0.5) is 0 Å². The van der Waals surface area contributed by atoms with E-state index in [1.165, 1.54) is 0 Å². The van der Waals surface area contributed by atoms with E-state index in [2.05, 4.69) is 36.1 Å². The molecule has 0 aliphatic carbocycles. The number of aromatic nitrogens is 1. The van der Waals surface area contributed by atoms with Crippen LogP contribution in [-0.2, 0) is 0 Å². The van der Waals surface area contributed by atoms with Gasteiger partial charge in [-0.05, 0) is 6.07 Å². The third-order valence-corrected chi connectivity index (χ3v) is 2.37. The van der Waals surface area contributed by atoms with Crippen molar-refractivity contribution >= 4 is 19.7 Å². The first kappa shape index (κ1) is 10.3. The average molecular weight is 210 g/mol. The second kappa shape index (κ2) is 3.95. The molecule has 0 aliphatic rings. The Balaban J connectivity index is 2.90. The van der Waals surface area contributed by atoms with Crippen LogP contribution < -0.4 is 0 Å². The maximum absolute atomic E-state index is 5.78. The van der Waals surface area contributed by atoms with Gasteiger partial charge in [0.2, 0.25) is 0 Å². The van der Waals surface area contributed by atoms with E-state index in [4.69, 9.17) is 11.6 Å². The maximum atomic E-state index is 5.78. The fourth-order valence-electron chi connectivity index (χ4n) is 0.740. The number of nitrogens with zero attached hydrogens (tertiary/aromatic N) is 1. The Kier molecular flexibility index (Phi) is 3.13. The predicted molar refractivity (Wildman–Crippen MR) is 59.5 cm³/mol. The first-order valence-electron chi connectivity index (χ1n) is 4.11. The minimum absolute atomic E-state index is 0.641. The van der Waals surface area contributed by atoms with Crippen LogP contribution in [0.2, 0.25) is 24.7 Å². The van der Waals surface area contributed by atoms with Crippen molar-refractivity contribution in [3.8, 4) is 11.5 Å². The zero-order chi connectivity index (χ0) is 9.90. The molecule has 0 saturated heterocycles. The molecule has 0 amide bonds. The lowest BCUT2D eigenvalue weighted by Gasteiger charge is -2.03. The molecule has 13 heavy (non-hydrogen) atoms. The van der Waals surface area contributed by atoms with Crippen LogP contribution in [0.5, 0.6) is 0 Å². The highest BCUT2D eigenvalue weighted by Crippen LogP contribution is 2.07. The van der Waals surface area contributed by atoms with Gasteiger partial charge in [0, 0.05) is 18.0 Å². The van der Waals surface area contributed by atoms with E-state index in [0.29, 0.717) is 5.02 Å². The van der Waals surface area contributed by atoms with Gasteiger partial charge in [0.05, 0.1) is 5.02 Å². The summed E-state index contributed by atoms with van der Waals surface area (Å²) >= 11 is 5.78. The Labute approximate surface area is 85.2 Å². The summed E-state index contributed by atoms with van der Waals surface area (Å²) in [7, 11) is -1.29. The van der Waals surface area contributed by atoms with Crippen LogP contribution in [0.25, 0.3) is 0 Å². The molecule has 68 valence electrons. The van der Waals surface area contributed by atoms with Crippen molar-refractivity contribution in [1.82, 2.24) is 4.98 Å². The van der Waals surface area contributed by atoms with Crippen molar-refractivity contribution in [2.24, 2.45) is 0 Å². The van der Waals surface area contributed by atoms with E-state index < -0.39 is 8.07 Å². The molecule has 0 fully saturated rings. The number of rotatable bonds is 0. The van der Waals surface area contributed by atoms with Crippen molar-refractivity contribution in [3.63, 3.8) is 0 Å². The second-order valence-corrected chi connectivity index (χ2v) is 9.08. The lowest BCUT2D eigenvalue weighted by molar-refractivity contribution is 1.31. The zero-order valence-corrected chi connectivity index (χ0v) is 9.81. The van der Waals surface area contributed by atoms with E-state index in [1.54, 1.807) is 12.4 Å². The summed E-state index contributed by atoms with van der Waals surface area (Å²) in [6.45, 7) is 6.62. The maximum Gasteiger partial charge on any atom is 0.129 e. The van der Waals surface area contributed by atoms with Gasteiger partial charge in [-0.2, -0.15) is 0 Å². The summed E-state index contributed by atoms with van der Waals surface area (Å²) < 4.78 is 0. The van der Waals surface area contributed by atoms with Crippen molar-refractivity contribution in [2.75, 3.05) is 0 Å². The Hall–Kier alpha value is -0.783. The number of pyridine rings is 1. The molecule has 0 spiro atoms. The highest BCUT2D eigenvalue weighted by molar-refractivity contribution is 6.83. The van der Waals surface area contributed by atoms with Crippen molar-refractivity contribution in [3.05, 3.63) is 29.0 Å². The molecule has 0 N–H and O–H groups in total. The molecule has 0 radical (unpaired) electrons. The minimum Gasteiger partial charge on any atom is -0.262 e. The van der Waals surface area contributed by atoms with Gasteiger partial charge in [-0.15, -0.1) is 5.54 Å². The molecule has 1 nitrogen and oxygen atoms in total. The Morgan fingerprint density at radius 1 is 1.31 bits per heavy atom. The monoisotopic (exact) mass is 209 g/mol.